The Morgan fingerprint density at radius 3 is 2.87 bits per heavy atom. The van der Waals surface area contributed by atoms with Gasteiger partial charge in [-0.2, -0.15) is 0 Å². The molecule has 30 heavy (non-hydrogen) atoms. The number of terminal acetylenes is 1. The van der Waals surface area contributed by atoms with E-state index in [1.807, 2.05) is 36.6 Å². The summed E-state index contributed by atoms with van der Waals surface area (Å²) in [6, 6.07) is 12.1. The average molecular weight is 421 g/mol. The SMILES string of the molecule is C#CCOc1ccc([C@H]2CC(=O)Nc3c(-c4cccc(F)c4)csc32)cc1OCC. The van der Waals surface area contributed by atoms with Crippen LogP contribution in [0.15, 0.2) is 47.8 Å². The molecule has 4 nitrogen and oxygen atoms in total. The number of carbonyl (C=O) groups is 1. The van der Waals surface area contributed by atoms with Crippen LogP contribution in [0.25, 0.3) is 11.1 Å². The second-order valence-corrected chi connectivity index (χ2v) is 7.75. The zero-order valence-electron chi connectivity index (χ0n) is 16.4. The minimum absolute atomic E-state index is 0.0748. The summed E-state index contributed by atoms with van der Waals surface area (Å²) in [6.45, 7) is 2.53. The lowest BCUT2D eigenvalue weighted by molar-refractivity contribution is -0.116. The van der Waals surface area contributed by atoms with Gasteiger partial charge in [0.25, 0.3) is 0 Å². The lowest BCUT2D eigenvalue weighted by Crippen LogP contribution is -2.22. The lowest BCUT2D eigenvalue weighted by Gasteiger charge is -2.24. The Bertz CT molecular complexity index is 1130. The Morgan fingerprint density at radius 1 is 1.23 bits per heavy atom. The van der Waals surface area contributed by atoms with Crippen molar-refractivity contribution in [1.29, 1.82) is 0 Å². The highest BCUT2D eigenvalue weighted by molar-refractivity contribution is 7.11. The number of carbonyl (C=O) groups excluding carboxylic acids is 1. The van der Waals surface area contributed by atoms with E-state index in [1.165, 1.54) is 12.1 Å². The molecule has 2 aromatic carbocycles. The number of rotatable bonds is 6. The monoisotopic (exact) mass is 421 g/mol. The number of nitrogens with one attached hydrogen (secondary N) is 1. The smallest absolute Gasteiger partial charge is 0.225 e. The number of thiophene rings is 1. The summed E-state index contributed by atoms with van der Waals surface area (Å²) in [5.74, 6) is 3.11. The van der Waals surface area contributed by atoms with Crippen molar-refractivity contribution in [3.8, 4) is 35.0 Å². The number of amides is 1. The molecule has 0 aliphatic carbocycles. The fourth-order valence-corrected chi connectivity index (χ4v) is 4.77. The van der Waals surface area contributed by atoms with Gasteiger partial charge in [0.1, 0.15) is 12.4 Å². The molecule has 4 rings (SSSR count). The van der Waals surface area contributed by atoms with Crippen LogP contribution in [0.4, 0.5) is 10.1 Å². The van der Waals surface area contributed by atoms with E-state index in [9.17, 15) is 9.18 Å². The van der Waals surface area contributed by atoms with Crippen molar-refractivity contribution < 1.29 is 18.7 Å². The molecule has 152 valence electrons. The van der Waals surface area contributed by atoms with Crippen molar-refractivity contribution in [2.24, 2.45) is 0 Å². The molecule has 1 atom stereocenters. The van der Waals surface area contributed by atoms with Crippen molar-refractivity contribution in [2.45, 2.75) is 19.3 Å². The van der Waals surface area contributed by atoms with Gasteiger partial charge in [0.15, 0.2) is 11.5 Å². The number of ether oxygens (including phenoxy) is 2. The topological polar surface area (TPSA) is 47.6 Å². The van der Waals surface area contributed by atoms with Crippen LogP contribution in [-0.4, -0.2) is 19.1 Å². The maximum absolute atomic E-state index is 13.7. The molecule has 1 aromatic heterocycles. The molecule has 6 heteroatoms. The number of hydrogen-bond acceptors (Lipinski definition) is 4. The van der Waals surface area contributed by atoms with E-state index in [2.05, 4.69) is 11.2 Å². The van der Waals surface area contributed by atoms with Crippen molar-refractivity contribution in [3.63, 3.8) is 0 Å². The number of benzene rings is 2. The van der Waals surface area contributed by atoms with E-state index < -0.39 is 0 Å². The van der Waals surface area contributed by atoms with Crippen LogP contribution < -0.4 is 14.8 Å². The van der Waals surface area contributed by atoms with Gasteiger partial charge < -0.3 is 14.8 Å². The molecule has 0 fully saturated rings. The third-order valence-corrected chi connectivity index (χ3v) is 6.00. The Kier molecular flexibility index (Phi) is 5.73. The van der Waals surface area contributed by atoms with Gasteiger partial charge in [0.2, 0.25) is 5.91 Å². The van der Waals surface area contributed by atoms with E-state index in [1.54, 1.807) is 17.4 Å². The van der Waals surface area contributed by atoms with Crippen molar-refractivity contribution in [1.82, 2.24) is 0 Å². The molecular weight excluding hydrogens is 401 g/mol. The molecule has 1 amide bonds. The van der Waals surface area contributed by atoms with Crippen LogP contribution >= 0.6 is 11.3 Å². The zero-order chi connectivity index (χ0) is 21.1. The van der Waals surface area contributed by atoms with Gasteiger partial charge in [0, 0.05) is 28.2 Å². The Balaban J connectivity index is 1.74. The summed E-state index contributed by atoms with van der Waals surface area (Å²) in [5.41, 5.74) is 3.26. The molecule has 2 heterocycles. The van der Waals surface area contributed by atoms with Crippen LogP contribution in [0.1, 0.15) is 29.7 Å². The molecule has 1 aliphatic rings. The quantitative estimate of drug-likeness (QED) is 0.539. The first-order valence-electron chi connectivity index (χ1n) is 9.61. The molecule has 1 aliphatic heterocycles. The predicted molar refractivity (Wildman–Crippen MR) is 117 cm³/mol. The first-order chi connectivity index (χ1) is 14.6. The molecule has 0 unspecified atom stereocenters. The van der Waals surface area contributed by atoms with Gasteiger partial charge in [-0.25, -0.2) is 4.39 Å². The van der Waals surface area contributed by atoms with E-state index >= 15 is 0 Å². The summed E-state index contributed by atoms with van der Waals surface area (Å²) < 4.78 is 25.0. The summed E-state index contributed by atoms with van der Waals surface area (Å²) in [4.78, 5) is 13.6. The predicted octanol–water partition coefficient (Wildman–Crippen LogP) is 5.44. The summed E-state index contributed by atoms with van der Waals surface area (Å²) in [7, 11) is 0. The normalized spacial score (nSPS) is 15.1. The number of halogens is 1. The van der Waals surface area contributed by atoms with Crippen LogP contribution in [0.5, 0.6) is 11.5 Å². The van der Waals surface area contributed by atoms with Crippen LogP contribution in [0.3, 0.4) is 0 Å². The molecule has 0 radical (unpaired) electrons. The van der Waals surface area contributed by atoms with Gasteiger partial charge in [-0.05, 0) is 42.3 Å². The van der Waals surface area contributed by atoms with Crippen LogP contribution in [0.2, 0.25) is 0 Å². The van der Waals surface area contributed by atoms with Crippen LogP contribution in [0, 0.1) is 18.2 Å². The van der Waals surface area contributed by atoms with Gasteiger partial charge in [-0.3, -0.25) is 4.79 Å². The maximum atomic E-state index is 13.7. The van der Waals surface area contributed by atoms with Gasteiger partial charge in [-0.15, -0.1) is 17.8 Å². The van der Waals surface area contributed by atoms with E-state index in [-0.39, 0.29) is 24.2 Å². The highest BCUT2D eigenvalue weighted by Gasteiger charge is 2.31. The zero-order valence-corrected chi connectivity index (χ0v) is 17.2. The van der Waals surface area contributed by atoms with Gasteiger partial charge >= 0.3 is 0 Å². The highest BCUT2D eigenvalue weighted by atomic mass is 32.1. The highest BCUT2D eigenvalue weighted by Crippen LogP contribution is 2.47. The maximum Gasteiger partial charge on any atom is 0.225 e. The number of anilines is 1. The largest absolute Gasteiger partial charge is 0.490 e. The second-order valence-electron chi connectivity index (χ2n) is 6.84. The van der Waals surface area contributed by atoms with E-state index in [0.717, 1.165) is 27.3 Å². The van der Waals surface area contributed by atoms with Crippen molar-refractivity contribution in [3.05, 3.63) is 64.1 Å². The van der Waals surface area contributed by atoms with Crippen molar-refractivity contribution in [2.75, 3.05) is 18.5 Å². The Labute approximate surface area is 178 Å². The third-order valence-electron chi connectivity index (χ3n) is 4.91. The first-order valence-corrected chi connectivity index (χ1v) is 10.5. The van der Waals surface area contributed by atoms with Gasteiger partial charge in [-0.1, -0.05) is 24.1 Å². The molecule has 0 saturated carbocycles. The lowest BCUT2D eigenvalue weighted by atomic mass is 9.89. The van der Waals surface area contributed by atoms with E-state index in [0.29, 0.717) is 24.5 Å². The molecular formula is C24H20FNO3S. The third kappa shape index (κ3) is 3.89. The number of hydrogen-bond donors (Lipinski definition) is 1. The molecule has 0 spiro atoms. The molecule has 0 saturated heterocycles. The molecule has 1 N–H and O–H groups in total. The molecule has 0 bridgehead atoms. The van der Waals surface area contributed by atoms with Crippen LogP contribution in [-0.2, 0) is 4.79 Å². The minimum Gasteiger partial charge on any atom is -0.490 e. The Hall–Kier alpha value is -3.30. The fraction of sp³-hybridized carbons (Fsp3) is 0.208. The van der Waals surface area contributed by atoms with Gasteiger partial charge in [0.05, 0.1) is 12.3 Å². The van der Waals surface area contributed by atoms with Crippen molar-refractivity contribution >= 4 is 22.9 Å². The summed E-state index contributed by atoms with van der Waals surface area (Å²) >= 11 is 1.56. The first kappa shape index (κ1) is 20.0. The standard InChI is InChI=1S/C24H20FNO3S/c1-3-10-29-20-9-8-16(12-21(20)28-4-2)18-13-22(27)26-23-19(14-30-24(18)23)15-6-5-7-17(25)11-15/h1,5-9,11-12,14,18H,4,10,13H2,2H3,(H,26,27)/t18-/m1/s1. The average Bonchev–Trinajstić information content (AvgIpc) is 3.16. The van der Waals surface area contributed by atoms with E-state index in [4.69, 9.17) is 15.9 Å². The molecule has 3 aromatic rings. The number of fused-ring (bicyclic) bond motifs is 1. The Morgan fingerprint density at radius 2 is 2.10 bits per heavy atom. The minimum atomic E-state index is -0.310. The second kappa shape index (κ2) is 8.60. The summed E-state index contributed by atoms with van der Waals surface area (Å²) in [5, 5.41) is 4.94. The summed E-state index contributed by atoms with van der Waals surface area (Å²) in [6.07, 6.45) is 5.62. The fourth-order valence-electron chi connectivity index (χ4n) is 3.61.